The fourth-order valence-corrected chi connectivity index (χ4v) is 1.21. The Bertz CT molecular complexity index is 273. The highest BCUT2D eigenvalue weighted by Gasteiger charge is 2.12. The molecular formula is C18H36O4. The van der Waals surface area contributed by atoms with Gasteiger partial charge in [-0.2, -0.15) is 0 Å². The van der Waals surface area contributed by atoms with Crippen LogP contribution in [0.1, 0.15) is 68.2 Å². The summed E-state index contributed by atoms with van der Waals surface area (Å²) in [6.07, 6.45) is 1.02. The topological polar surface area (TPSA) is 52.6 Å². The quantitative estimate of drug-likeness (QED) is 0.490. The summed E-state index contributed by atoms with van der Waals surface area (Å²) in [6, 6.07) is 0. The lowest BCUT2D eigenvalue weighted by atomic mass is 9.96. The molecule has 1 unspecified atom stereocenters. The van der Waals surface area contributed by atoms with E-state index in [9.17, 15) is 9.59 Å². The number of ether oxygens (including phenoxy) is 2. The zero-order valence-corrected chi connectivity index (χ0v) is 15.8. The zero-order chi connectivity index (χ0) is 17.7. The second-order valence-corrected chi connectivity index (χ2v) is 6.96. The Morgan fingerprint density at radius 2 is 1.14 bits per heavy atom. The number of carbonyl (C=O) groups is 2. The molecule has 0 aliphatic rings. The first-order valence-corrected chi connectivity index (χ1v) is 8.41. The van der Waals surface area contributed by atoms with Crippen molar-refractivity contribution in [3.05, 3.63) is 0 Å². The van der Waals surface area contributed by atoms with Gasteiger partial charge in [0.15, 0.2) is 0 Å². The van der Waals surface area contributed by atoms with Crippen LogP contribution in [-0.4, -0.2) is 25.2 Å². The highest BCUT2D eigenvalue weighted by Crippen LogP contribution is 2.11. The lowest BCUT2D eigenvalue weighted by molar-refractivity contribution is -0.155. The van der Waals surface area contributed by atoms with Gasteiger partial charge in [0.1, 0.15) is 6.42 Å². The van der Waals surface area contributed by atoms with Crippen molar-refractivity contribution in [3.63, 3.8) is 0 Å². The molecule has 22 heavy (non-hydrogen) atoms. The predicted molar refractivity (Wildman–Crippen MR) is 90.5 cm³/mol. The van der Waals surface area contributed by atoms with E-state index < -0.39 is 11.9 Å². The molecule has 0 aromatic rings. The second-order valence-electron chi connectivity index (χ2n) is 6.96. The average molecular weight is 316 g/mol. The molecule has 0 saturated carbocycles. The number of hydrogen-bond donors (Lipinski definition) is 0. The smallest absolute Gasteiger partial charge is 0.317 e. The van der Waals surface area contributed by atoms with Crippen molar-refractivity contribution >= 4 is 11.9 Å². The van der Waals surface area contributed by atoms with E-state index in [0.717, 1.165) is 11.8 Å². The molecule has 0 aromatic carbocycles. The van der Waals surface area contributed by atoms with Crippen LogP contribution in [-0.2, 0) is 19.1 Å². The fourth-order valence-electron chi connectivity index (χ4n) is 1.21. The van der Waals surface area contributed by atoms with E-state index >= 15 is 0 Å². The van der Waals surface area contributed by atoms with Crippen molar-refractivity contribution < 1.29 is 19.1 Å². The van der Waals surface area contributed by atoms with E-state index in [-0.39, 0.29) is 18.3 Å². The maximum Gasteiger partial charge on any atom is 0.317 e. The van der Waals surface area contributed by atoms with E-state index in [1.807, 2.05) is 27.7 Å². The lowest BCUT2D eigenvalue weighted by Crippen LogP contribution is -2.17. The summed E-state index contributed by atoms with van der Waals surface area (Å²) < 4.78 is 9.68. The number of carbonyl (C=O) groups excluding carboxylic acids is 2. The van der Waals surface area contributed by atoms with Gasteiger partial charge in [0, 0.05) is 0 Å². The third kappa shape index (κ3) is 17.0. The standard InChI is InChI=1S/C11H20O4.C7H16/c1-8(2)6-14-10(12)5-11(13)15-7-9(3)4;1-5-7(4)6(2)3/h8-9H,5-7H2,1-4H3;6-7H,5H2,1-4H3. The molecule has 0 bridgehead atoms. The van der Waals surface area contributed by atoms with Crippen LogP contribution in [0.2, 0.25) is 0 Å². The molecule has 0 fully saturated rings. The minimum Gasteiger partial charge on any atom is -0.465 e. The second kappa shape index (κ2) is 13.6. The Balaban J connectivity index is 0. The van der Waals surface area contributed by atoms with Gasteiger partial charge in [-0.25, -0.2) is 0 Å². The molecule has 0 amide bonds. The van der Waals surface area contributed by atoms with Crippen LogP contribution in [0.3, 0.4) is 0 Å². The van der Waals surface area contributed by atoms with E-state index in [1.165, 1.54) is 6.42 Å². The molecule has 0 spiro atoms. The molecule has 0 aliphatic carbocycles. The first-order valence-electron chi connectivity index (χ1n) is 8.41. The molecule has 0 aromatic heterocycles. The maximum atomic E-state index is 11.1. The Kier molecular flexibility index (Phi) is 14.3. The summed E-state index contributed by atoms with van der Waals surface area (Å²) in [5.74, 6) is 1.29. The third-order valence-corrected chi connectivity index (χ3v) is 3.23. The molecule has 0 rings (SSSR count). The normalized spacial score (nSPS) is 12.0. The number of rotatable bonds is 8. The highest BCUT2D eigenvalue weighted by atomic mass is 16.6. The van der Waals surface area contributed by atoms with E-state index in [4.69, 9.17) is 9.47 Å². The molecule has 0 saturated heterocycles. The summed E-state index contributed by atoms with van der Waals surface area (Å²) in [7, 11) is 0. The van der Waals surface area contributed by atoms with E-state index in [2.05, 4.69) is 27.7 Å². The van der Waals surface area contributed by atoms with Crippen LogP contribution in [0.4, 0.5) is 0 Å². The molecule has 1 atom stereocenters. The summed E-state index contributed by atoms with van der Waals surface area (Å²) in [4.78, 5) is 22.2. The van der Waals surface area contributed by atoms with Crippen LogP contribution in [0, 0.1) is 23.7 Å². The van der Waals surface area contributed by atoms with Crippen molar-refractivity contribution in [3.8, 4) is 0 Å². The summed E-state index contributed by atoms with van der Waals surface area (Å²) in [6.45, 7) is 17.5. The lowest BCUT2D eigenvalue weighted by Gasteiger charge is -2.10. The Labute approximate surface area is 136 Å². The van der Waals surface area contributed by atoms with Gasteiger partial charge in [-0.1, -0.05) is 61.8 Å². The summed E-state index contributed by atoms with van der Waals surface area (Å²) >= 11 is 0. The summed E-state index contributed by atoms with van der Waals surface area (Å²) in [5, 5.41) is 0. The van der Waals surface area contributed by atoms with Crippen LogP contribution in [0.15, 0.2) is 0 Å². The molecule has 0 heterocycles. The molecule has 0 radical (unpaired) electrons. The molecule has 132 valence electrons. The minimum absolute atomic E-state index is 0.278. The summed E-state index contributed by atoms with van der Waals surface area (Å²) in [5.41, 5.74) is 0. The van der Waals surface area contributed by atoms with Crippen LogP contribution in [0.25, 0.3) is 0 Å². The van der Waals surface area contributed by atoms with Gasteiger partial charge in [0.2, 0.25) is 0 Å². The minimum atomic E-state index is -0.516. The van der Waals surface area contributed by atoms with Crippen molar-refractivity contribution in [1.29, 1.82) is 0 Å². The molecule has 0 N–H and O–H groups in total. The maximum absolute atomic E-state index is 11.1. The first-order chi connectivity index (χ1) is 10.1. The van der Waals surface area contributed by atoms with Crippen molar-refractivity contribution in [1.82, 2.24) is 0 Å². The van der Waals surface area contributed by atoms with Crippen molar-refractivity contribution in [2.24, 2.45) is 23.7 Å². The molecule has 4 heteroatoms. The van der Waals surface area contributed by atoms with Gasteiger partial charge >= 0.3 is 11.9 Å². The first kappa shape index (κ1) is 23.2. The van der Waals surface area contributed by atoms with Gasteiger partial charge in [-0.05, 0) is 23.7 Å². The van der Waals surface area contributed by atoms with E-state index in [0.29, 0.717) is 13.2 Å². The van der Waals surface area contributed by atoms with Crippen LogP contribution in [0.5, 0.6) is 0 Å². The van der Waals surface area contributed by atoms with Gasteiger partial charge in [-0.15, -0.1) is 0 Å². The zero-order valence-electron chi connectivity index (χ0n) is 15.8. The average Bonchev–Trinajstić information content (AvgIpc) is 2.42. The van der Waals surface area contributed by atoms with Crippen LogP contribution >= 0.6 is 0 Å². The van der Waals surface area contributed by atoms with Gasteiger partial charge in [0.05, 0.1) is 13.2 Å². The highest BCUT2D eigenvalue weighted by molar-refractivity contribution is 5.91. The van der Waals surface area contributed by atoms with Crippen LogP contribution < -0.4 is 0 Å². The van der Waals surface area contributed by atoms with Gasteiger partial charge in [0.25, 0.3) is 0 Å². The number of esters is 2. The Morgan fingerprint density at radius 3 is 1.32 bits per heavy atom. The molecular weight excluding hydrogens is 280 g/mol. The Morgan fingerprint density at radius 1 is 0.773 bits per heavy atom. The molecule has 4 nitrogen and oxygen atoms in total. The van der Waals surface area contributed by atoms with E-state index in [1.54, 1.807) is 0 Å². The predicted octanol–water partition coefficient (Wildman–Crippen LogP) is 4.46. The fraction of sp³-hybridized carbons (Fsp3) is 0.889. The Hall–Kier alpha value is -1.06. The molecule has 0 aliphatic heterocycles. The number of hydrogen-bond acceptors (Lipinski definition) is 4. The van der Waals surface area contributed by atoms with Gasteiger partial charge < -0.3 is 9.47 Å². The van der Waals surface area contributed by atoms with Crippen molar-refractivity contribution in [2.45, 2.75) is 68.2 Å². The monoisotopic (exact) mass is 316 g/mol. The van der Waals surface area contributed by atoms with Gasteiger partial charge in [-0.3, -0.25) is 9.59 Å². The van der Waals surface area contributed by atoms with Crippen molar-refractivity contribution in [2.75, 3.05) is 13.2 Å². The third-order valence-electron chi connectivity index (χ3n) is 3.23. The SMILES string of the molecule is CC(C)COC(=O)CC(=O)OCC(C)C.CCC(C)C(C)C. The largest absolute Gasteiger partial charge is 0.465 e.